The molecule has 0 aliphatic rings. The number of aliphatic carboxylic acids is 1. The molecule has 0 spiro atoms. The lowest BCUT2D eigenvalue weighted by Crippen LogP contribution is -2.38. The molecule has 2 N–H and O–H groups in total. The highest BCUT2D eigenvalue weighted by Gasteiger charge is 2.12. The summed E-state index contributed by atoms with van der Waals surface area (Å²) in [4.78, 5) is 10.7. The molecule has 0 aromatic heterocycles. The average molecular weight is 199 g/mol. The number of carboxylic acids is 1. The molecule has 3 heteroatoms. The first-order chi connectivity index (χ1) is 6.43. The zero-order valence-electron chi connectivity index (χ0n) is 9.55. The first kappa shape index (κ1) is 13.2. The third-order valence-corrected chi connectivity index (χ3v) is 2.47. The van der Waals surface area contributed by atoms with Gasteiger partial charge in [0.1, 0.15) is 0 Å². The van der Waals surface area contributed by atoms with E-state index in [1.807, 2.05) is 6.92 Å². The van der Waals surface area contributed by atoms with Crippen LogP contribution in [0.4, 0.5) is 0 Å². The zero-order valence-corrected chi connectivity index (χ0v) is 9.55. The van der Waals surface area contributed by atoms with E-state index in [0.29, 0.717) is 18.5 Å². The SMILES string of the molecule is CCC(=CCNC(C)(C)CC)C(=O)O. The second-order valence-corrected chi connectivity index (χ2v) is 4.01. The monoisotopic (exact) mass is 199 g/mol. The smallest absolute Gasteiger partial charge is 0.331 e. The van der Waals surface area contributed by atoms with Gasteiger partial charge in [0, 0.05) is 17.7 Å². The second-order valence-electron chi connectivity index (χ2n) is 4.01. The fourth-order valence-electron chi connectivity index (χ4n) is 0.958. The van der Waals surface area contributed by atoms with Crippen molar-refractivity contribution in [2.45, 2.75) is 46.1 Å². The van der Waals surface area contributed by atoms with Crippen molar-refractivity contribution in [3.05, 3.63) is 11.6 Å². The van der Waals surface area contributed by atoms with E-state index >= 15 is 0 Å². The molecule has 0 amide bonds. The molecule has 14 heavy (non-hydrogen) atoms. The molecule has 0 aromatic carbocycles. The van der Waals surface area contributed by atoms with E-state index in [1.54, 1.807) is 6.08 Å². The molecule has 0 unspecified atom stereocenters. The van der Waals surface area contributed by atoms with Crippen LogP contribution in [0.25, 0.3) is 0 Å². The van der Waals surface area contributed by atoms with E-state index in [9.17, 15) is 4.79 Å². The number of rotatable bonds is 6. The Balaban J connectivity index is 4.09. The van der Waals surface area contributed by atoms with Gasteiger partial charge < -0.3 is 10.4 Å². The molecule has 0 heterocycles. The molecule has 0 aliphatic heterocycles. The van der Waals surface area contributed by atoms with Crippen molar-refractivity contribution in [1.82, 2.24) is 5.32 Å². The van der Waals surface area contributed by atoms with Crippen molar-refractivity contribution in [3.63, 3.8) is 0 Å². The number of carboxylic acid groups (broad SMARTS) is 1. The molecule has 3 nitrogen and oxygen atoms in total. The molecule has 0 aliphatic carbocycles. The first-order valence-electron chi connectivity index (χ1n) is 5.10. The van der Waals surface area contributed by atoms with E-state index in [2.05, 4.69) is 26.1 Å². The van der Waals surface area contributed by atoms with Gasteiger partial charge in [-0.1, -0.05) is 19.9 Å². The van der Waals surface area contributed by atoms with Gasteiger partial charge in [-0.3, -0.25) is 0 Å². The summed E-state index contributed by atoms with van der Waals surface area (Å²) in [7, 11) is 0. The van der Waals surface area contributed by atoms with Crippen LogP contribution in [0.2, 0.25) is 0 Å². The van der Waals surface area contributed by atoms with Crippen molar-refractivity contribution in [2.24, 2.45) is 0 Å². The van der Waals surface area contributed by atoms with Crippen LogP contribution in [0.1, 0.15) is 40.5 Å². The molecule has 0 saturated heterocycles. The van der Waals surface area contributed by atoms with Gasteiger partial charge in [-0.05, 0) is 26.7 Å². The number of hydrogen-bond donors (Lipinski definition) is 2. The van der Waals surface area contributed by atoms with Crippen molar-refractivity contribution in [3.8, 4) is 0 Å². The molecular formula is C11H21NO2. The largest absolute Gasteiger partial charge is 0.478 e. The Morgan fingerprint density at radius 1 is 1.43 bits per heavy atom. The van der Waals surface area contributed by atoms with Crippen molar-refractivity contribution < 1.29 is 9.90 Å². The Hall–Kier alpha value is -0.830. The topological polar surface area (TPSA) is 49.3 Å². The Morgan fingerprint density at radius 3 is 2.36 bits per heavy atom. The van der Waals surface area contributed by atoms with Crippen LogP contribution in [-0.4, -0.2) is 23.2 Å². The highest BCUT2D eigenvalue weighted by atomic mass is 16.4. The van der Waals surface area contributed by atoms with Crippen molar-refractivity contribution in [1.29, 1.82) is 0 Å². The Kier molecular flexibility index (Phi) is 5.46. The minimum absolute atomic E-state index is 0.0772. The van der Waals surface area contributed by atoms with Gasteiger partial charge >= 0.3 is 5.97 Å². The van der Waals surface area contributed by atoms with Gasteiger partial charge in [0.05, 0.1) is 0 Å². The third-order valence-electron chi connectivity index (χ3n) is 2.47. The summed E-state index contributed by atoms with van der Waals surface area (Å²) < 4.78 is 0. The summed E-state index contributed by atoms with van der Waals surface area (Å²) in [5.41, 5.74) is 0.554. The lowest BCUT2D eigenvalue weighted by molar-refractivity contribution is -0.132. The highest BCUT2D eigenvalue weighted by molar-refractivity contribution is 5.86. The molecule has 82 valence electrons. The standard InChI is InChI=1S/C11H21NO2/c1-5-9(10(13)14)7-8-12-11(3,4)6-2/h7,12H,5-6,8H2,1-4H3,(H,13,14). The molecular weight excluding hydrogens is 178 g/mol. The summed E-state index contributed by atoms with van der Waals surface area (Å²) in [5, 5.41) is 12.1. The lowest BCUT2D eigenvalue weighted by atomic mass is 10.0. The number of nitrogens with one attached hydrogen (secondary N) is 1. The normalized spacial score (nSPS) is 13.0. The van der Waals surface area contributed by atoms with E-state index < -0.39 is 5.97 Å². The van der Waals surface area contributed by atoms with Crippen LogP contribution in [-0.2, 0) is 4.79 Å². The Morgan fingerprint density at radius 2 is 2.00 bits per heavy atom. The Labute approximate surface area is 86.2 Å². The quantitative estimate of drug-likeness (QED) is 0.645. The predicted molar refractivity (Wildman–Crippen MR) is 58.4 cm³/mol. The van der Waals surface area contributed by atoms with Crippen molar-refractivity contribution in [2.75, 3.05) is 6.54 Å². The van der Waals surface area contributed by atoms with Gasteiger partial charge in [0.15, 0.2) is 0 Å². The maximum Gasteiger partial charge on any atom is 0.331 e. The molecule has 0 aromatic rings. The third kappa shape index (κ3) is 5.02. The van der Waals surface area contributed by atoms with Gasteiger partial charge in [0.25, 0.3) is 0 Å². The highest BCUT2D eigenvalue weighted by Crippen LogP contribution is 2.07. The minimum Gasteiger partial charge on any atom is -0.478 e. The summed E-state index contributed by atoms with van der Waals surface area (Å²) in [6, 6.07) is 0. The van der Waals surface area contributed by atoms with Gasteiger partial charge in [0.2, 0.25) is 0 Å². The Bertz CT molecular complexity index is 219. The fourth-order valence-corrected chi connectivity index (χ4v) is 0.958. The summed E-state index contributed by atoms with van der Waals surface area (Å²) >= 11 is 0. The van der Waals surface area contributed by atoms with Crippen LogP contribution in [0.5, 0.6) is 0 Å². The maximum absolute atomic E-state index is 10.7. The average Bonchev–Trinajstić information content (AvgIpc) is 2.12. The van der Waals surface area contributed by atoms with Crippen LogP contribution in [0.15, 0.2) is 11.6 Å². The fraction of sp³-hybridized carbons (Fsp3) is 0.727. The van der Waals surface area contributed by atoms with E-state index in [0.717, 1.165) is 6.42 Å². The van der Waals surface area contributed by atoms with Crippen LogP contribution >= 0.6 is 0 Å². The summed E-state index contributed by atoms with van der Waals surface area (Å²) in [5.74, 6) is -0.816. The van der Waals surface area contributed by atoms with E-state index in [-0.39, 0.29) is 5.54 Å². The first-order valence-corrected chi connectivity index (χ1v) is 5.10. The van der Waals surface area contributed by atoms with Crippen LogP contribution in [0, 0.1) is 0 Å². The van der Waals surface area contributed by atoms with Crippen molar-refractivity contribution >= 4 is 5.97 Å². The summed E-state index contributed by atoms with van der Waals surface area (Å²) in [6.45, 7) is 8.79. The predicted octanol–water partition coefficient (Wildman–Crippen LogP) is 2.19. The van der Waals surface area contributed by atoms with Gasteiger partial charge in [-0.25, -0.2) is 4.79 Å². The molecule has 0 atom stereocenters. The molecule has 0 fully saturated rings. The number of carbonyl (C=O) groups is 1. The maximum atomic E-state index is 10.7. The van der Waals surface area contributed by atoms with Gasteiger partial charge in [-0.2, -0.15) is 0 Å². The van der Waals surface area contributed by atoms with Crippen LogP contribution in [0.3, 0.4) is 0 Å². The number of hydrogen-bond acceptors (Lipinski definition) is 2. The van der Waals surface area contributed by atoms with E-state index in [4.69, 9.17) is 5.11 Å². The van der Waals surface area contributed by atoms with Crippen LogP contribution < -0.4 is 5.32 Å². The summed E-state index contributed by atoms with van der Waals surface area (Å²) in [6.07, 6.45) is 3.35. The second kappa shape index (κ2) is 5.81. The lowest BCUT2D eigenvalue weighted by Gasteiger charge is -2.23. The zero-order chi connectivity index (χ0) is 11.2. The molecule has 0 saturated carbocycles. The molecule has 0 rings (SSSR count). The molecule has 0 bridgehead atoms. The van der Waals surface area contributed by atoms with E-state index in [1.165, 1.54) is 0 Å². The molecule has 0 radical (unpaired) electrons. The minimum atomic E-state index is -0.816. The van der Waals surface area contributed by atoms with Gasteiger partial charge in [-0.15, -0.1) is 0 Å².